The van der Waals surface area contributed by atoms with Gasteiger partial charge in [0.25, 0.3) is 0 Å². The fraction of sp³-hybridized carbons (Fsp3) is 0.385. The Morgan fingerprint density at radius 3 is 2.24 bits per heavy atom. The lowest BCUT2D eigenvalue weighted by Gasteiger charge is -2.12. The molecule has 0 radical (unpaired) electrons. The molecule has 8 heteroatoms. The summed E-state index contributed by atoms with van der Waals surface area (Å²) in [6, 6.07) is 4.84. The normalized spacial score (nSPS) is 16.1. The highest BCUT2D eigenvalue weighted by Gasteiger charge is 2.51. The zero-order valence-electron chi connectivity index (χ0n) is 10.7. The average molecular weight is 303 g/mol. The predicted molar refractivity (Wildman–Crippen MR) is 64.6 cm³/mol. The van der Waals surface area contributed by atoms with Crippen molar-refractivity contribution < 1.29 is 32.6 Å². The maximum Gasteiger partial charge on any atom is 0.573 e. The van der Waals surface area contributed by atoms with Gasteiger partial charge in [-0.3, -0.25) is 4.79 Å². The second-order valence-electron chi connectivity index (χ2n) is 4.80. The molecule has 1 aromatic carbocycles. The van der Waals surface area contributed by atoms with Crippen LogP contribution in [0, 0.1) is 0 Å². The van der Waals surface area contributed by atoms with Crippen LogP contribution >= 0.6 is 0 Å². The van der Waals surface area contributed by atoms with Crippen LogP contribution in [0.25, 0.3) is 0 Å². The van der Waals surface area contributed by atoms with E-state index in [1.807, 2.05) is 0 Å². The van der Waals surface area contributed by atoms with E-state index in [2.05, 4.69) is 10.1 Å². The second kappa shape index (κ2) is 5.27. The number of ether oxygens (including phenoxy) is 1. The van der Waals surface area contributed by atoms with Gasteiger partial charge in [-0.2, -0.15) is 0 Å². The summed E-state index contributed by atoms with van der Waals surface area (Å²) in [4.78, 5) is 22.6. The van der Waals surface area contributed by atoms with Crippen LogP contribution < -0.4 is 10.1 Å². The van der Waals surface area contributed by atoms with Crippen molar-refractivity contribution in [1.82, 2.24) is 5.32 Å². The Hall–Kier alpha value is -2.25. The minimum atomic E-state index is -4.77. The van der Waals surface area contributed by atoms with E-state index >= 15 is 0 Å². The summed E-state index contributed by atoms with van der Waals surface area (Å²) < 4.78 is 39.6. The number of carbonyl (C=O) groups excluding carboxylic acids is 1. The van der Waals surface area contributed by atoms with E-state index in [0.717, 1.165) is 12.1 Å². The van der Waals surface area contributed by atoms with Gasteiger partial charge in [-0.1, -0.05) is 12.1 Å². The lowest BCUT2D eigenvalue weighted by molar-refractivity contribution is -0.274. The van der Waals surface area contributed by atoms with Gasteiger partial charge in [-0.15, -0.1) is 13.2 Å². The number of carboxylic acid groups (broad SMARTS) is 1. The van der Waals surface area contributed by atoms with Gasteiger partial charge in [0.2, 0.25) is 5.91 Å². The quantitative estimate of drug-likeness (QED) is 0.870. The van der Waals surface area contributed by atoms with Crippen LogP contribution in [0.2, 0.25) is 0 Å². The number of amides is 1. The van der Waals surface area contributed by atoms with Gasteiger partial charge in [-0.25, -0.2) is 4.79 Å². The number of nitrogens with one attached hydrogen (secondary N) is 1. The third-order valence-electron chi connectivity index (χ3n) is 3.06. The van der Waals surface area contributed by atoms with Crippen molar-refractivity contribution in [3.8, 4) is 5.75 Å². The molecule has 1 fully saturated rings. The van der Waals surface area contributed by atoms with Gasteiger partial charge in [0.05, 0.1) is 6.42 Å². The largest absolute Gasteiger partial charge is 0.573 e. The second-order valence-corrected chi connectivity index (χ2v) is 4.80. The van der Waals surface area contributed by atoms with Crippen molar-refractivity contribution in [2.75, 3.05) is 0 Å². The van der Waals surface area contributed by atoms with Crippen molar-refractivity contribution in [1.29, 1.82) is 0 Å². The van der Waals surface area contributed by atoms with Crippen LogP contribution in [0.15, 0.2) is 24.3 Å². The summed E-state index contributed by atoms with van der Waals surface area (Å²) in [6.45, 7) is 0. The van der Waals surface area contributed by atoms with Gasteiger partial charge in [0.1, 0.15) is 11.3 Å². The highest BCUT2D eigenvalue weighted by atomic mass is 19.4. The number of alkyl halides is 3. The zero-order chi connectivity index (χ0) is 15.7. The Balaban J connectivity index is 1.91. The SMILES string of the molecule is O=C(Cc1ccc(OC(F)(F)F)cc1)NC1(C(=O)O)CC1. The molecule has 1 aromatic rings. The van der Waals surface area contributed by atoms with Crippen LogP contribution in [0.5, 0.6) is 5.75 Å². The number of hydrogen-bond acceptors (Lipinski definition) is 3. The highest BCUT2D eigenvalue weighted by molar-refractivity contribution is 5.90. The first-order chi connectivity index (χ1) is 9.70. The Labute approximate surface area is 117 Å². The van der Waals surface area contributed by atoms with Gasteiger partial charge in [-0.05, 0) is 30.5 Å². The number of carbonyl (C=O) groups is 2. The first-order valence-electron chi connectivity index (χ1n) is 6.09. The summed E-state index contributed by atoms with van der Waals surface area (Å²) in [5, 5.41) is 11.3. The van der Waals surface area contributed by atoms with E-state index in [0.29, 0.717) is 18.4 Å². The van der Waals surface area contributed by atoms with E-state index in [9.17, 15) is 22.8 Å². The number of hydrogen-bond donors (Lipinski definition) is 2. The molecule has 0 atom stereocenters. The fourth-order valence-electron chi connectivity index (χ4n) is 1.82. The molecule has 0 heterocycles. The van der Waals surface area contributed by atoms with Crippen LogP contribution in [0.4, 0.5) is 13.2 Å². The topological polar surface area (TPSA) is 75.6 Å². The molecule has 1 aliphatic rings. The van der Waals surface area contributed by atoms with Gasteiger partial charge in [0.15, 0.2) is 0 Å². The molecule has 2 rings (SSSR count). The molecule has 0 saturated heterocycles. The summed E-state index contributed by atoms with van der Waals surface area (Å²) >= 11 is 0. The number of halogens is 3. The molecule has 0 aliphatic heterocycles. The molecule has 1 saturated carbocycles. The molecule has 0 unspecified atom stereocenters. The van der Waals surface area contributed by atoms with Gasteiger partial charge in [0, 0.05) is 0 Å². The lowest BCUT2D eigenvalue weighted by atomic mass is 10.1. The molecule has 0 spiro atoms. The summed E-state index contributed by atoms with van der Waals surface area (Å²) in [5.74, 6) is -1.94. The standard InChI is InChI=1S/C13H12F3NO4/c14-13(15,16)21-9-3-1-8(2-4-9)7-10(18)17-12(5-6-12)11(19)20/h1-4H,5-7H2,(H,17,18)(H,19,20). The first kappa shape index (κ1) is 15.1. The minimum absolute atomic E-state index is 0.110. The molecule has 0 bridgehead atoms. The molecule has 21 heavy (non-hydrogen) atoms. The lowest BCUT2D eigenvalue weighted by Crippen LogP contribution is -2.43. The van der Waals surface area contributed by atoms with E-state index in [1.165, 1.54) is 12.1 Å². The smallest absolute Gasteiger partial charge is 0.480 e. The van der Waals surface area contributed by atoms with Crippen LogP contribution in [-0.4, -0.2) is 28.9 Å². The Morgan fingerprint density at radius 2 is 1.81 bits per heavy atom. The van der Waals surface area contributed by atoms with Crippen molar-refractivity contribution in [2.24, 2.45) is 0 Å². The molecule has 114 valence electrons. The average Bonchev–Trinajstić information content (AvgIpc) is 3.10. The Morgan fingerprint density at radius 1 is 1.24 bits per heavy atom. The van der Waals surface area contributed by atoms with Crippen molar-refractivity contribution in [2.45, 2.75) is 31.2 Å². The number of benzene rings is 1. The number of aliphatic carboxylic acids is 1. The molecule has 5 nitrogen and oxygen atoms in total. The fourth-order valence-corrected chi connectivity index (χ4v) is 1.82. The van der Waals surface area contributed by atoms with Crippen molar-refractivity contribution in [3.63, 3.8) is 0 Å². The highest BCUT2D eigenvalue weighted by Crippen LogP contribution is 2.35. The maximum atomic E-state index is 12.0. The van der Waals surface area contributed by atoms with Crippen LogP contribution in [-0.2, 0) is 16.0 Å². The van der Waals surface area contributed by atoms with Crippen LogP contribution in [0.3, 0.4) is 0 Å². The third kappa shape index (κ3) is 4.11. The van der Waals surface area contributed by atoms with E-state index in [4.69, 9.17) is 5.11 Å². The zero-order valence-corrected chi connectivity index (χ0v) is 10.7. The number of carboxylic acids is 1. The van der Waals surface area contributed by atoms with Gasteiger partial charge < -0.3 is 15.2 Å². The van der Waals surface area contributed by atoms with Crippen molar-refractivity contribution in [3.05, 3.63) is 29.8 Å². The maximum absolute atomic E-state index is 12.0. The van der Waals surface area contributed by atoms with E-state index in [-0.39, 0.29) is 12.2 Å². The Kier molecular flexibility index (Phi) is 3.80. The molecule has 1 amide bonds. The number of rotatable bonds is 5. The summed E-state index contributed by atoms with van der Waals surface area (Å²) in [6.07, 6.45) is -4.11. The molecular formula is C13H12F3NO4. The summed E-state index contributed by atoms with van der Waals surface area (Å²) in [5.41, 5.74) is -0.709. The first-order valence-corrected chi connectivity index (χ1v) is 6.09. The molecule has 2 N–H and O–H groups in total. The summed E-state index contributed by atoms with van der Waals surface area (Å²) in [7, 11) is 0. The monoisotopic (exact) mass is 303 g/mol. The molecule has 1 aliphatic carbocycles. The van der Waals surface area contributed by atoms with Gasteiger partial charge >= 0.3 is 12.3 Å². The third-order valence-corrected chi connectivity index (χ3v) is 3.06. The van der Waals surface area contributed by atoms with Crippen molar-refractivity contribution >= 4 is 11.9 Å². The molecule has 0 aromatic heterocycles. The minimum Gasteiger partial charge on any atom is -0.480 e. The van der Waals surface area contributed by atoms with E-state index in [1.54, 1.807) is 0 Å². The Bertz CT molecular complexity index is 550. The van der Waals surface area contributed by atoms with Crippen LogP contribution in [0.1, 0.15) is 18.4 Å². The van der Waals surface area contributed by atoms with E-state index < -0.39 is 23.8 Å². The predicted octanol–water partition coefficient (Wildman–Crippen LogP) is 1.86. The molecular weight excluding hydrogens is 291 g/mol.